The first-order valence-corrected chi connectivity index (χ1v) is 9.75. The molecule has 1 fully saturated rings. The van der Waals surface area contributed by atoms with Crippen molar-refractivity contribution in [2.75, 3.05) is 12.0 Å². The molecule has 0 unspecified atom stereocenters. The van der Waals surface area contributed by atoms with Gasteiger partial charge in [-0.15, -0.1) is 23.5 Å². The number of thioether (sulfide) groups is 2. The summed E-state index contributed by atoms with van der Waals surface area (Å²) in [4.78, 5) is 14.6. The second kappa shape index (κ2) is 6.69. The number of carbonyl (C=O) groups excluding carboxylic acids is 1. The maximum atomic E-state index is 12.8. The van der Waals surface area contributed by atoms with Crippen LogP contribution in [0.5, 0.6) is 0 Å². The number of nitrogens with zero attached hydrogens (tertiary/aromatic N) is 1. The van der Waals surface area contributed by atoms with Crippen molar-refractivity contribution in [3.63, 3.8) is 0 Å². The largest absolute Gasteiger partial charge is 0.360 e. The van der Waals surface area contributed by atoms with Gasteiger partial charge >= 0.3 is 0 Å². The second-order valence-corrected chi connectivity index (χ2v) is 7.61. The maximum Gasteiger partial charge on any atom is 0.216 e. The predicted molar refractivity (Wildman–Crippen MR) is 91.5 cm³/mol. The van der Waals surface area contributed by atoms with E-state index >= 15 is 0 Å². The van der Waals surface area contributed by atoms with E-state index in [0.717, 1.165) is 34.1 Å². The molecule has 1 heterocycles. The van der Waals surface area contributed by atoms with Gasteiger partial charge in [-0.1, -0.05) is 23.7 Å². The smallest absolute Gasteiger partial charge is 0.216 e. The number of benzene rings is 1. The number of rotatable bonds is 6. The van der Waals surface area contributed by atoms with Gasteiger partial charge in [0.25, 0.3) is 0 Å². The summed E-state index contributed by atoms with van der Waals surface area (Å²) < 4.78 is 5.30. The van der Waals surface area contributed by atoms with Crippen molar-refractivity contribution in [3.8, 4) is 0 Å². The van der Waals surface area contributed by atoms with Crippen LogP contribution in [0.4, 0.5) is 0 Å². The van der Waals surface area contributed by atoms with Crippen LogP contribution in [-0.2, 0) is 0 Å². The zero-order chi connectivity index (χ0) is 15.7. The highest BCUT2D eigenvalue weighted by atomic mass is 35.5. The zero-order valence-corrected chi connectivity index (χ0v) is 14.8. The van der Waals surface area contributed by atoms with Crippen molar-refractivity contribution in [2.24, 2.45) is 0 Å². The summed E-state index contributed by atoms with van der Waals surface area (Å²) in [6.45, 7) is 2.07. The van der Waals surface area contributed by atoms with E-state index < -0.39 is 0 Å². The molecule has 0 spiro atoms. The van der Waals surface area contributed by atoms with Crippen LogP contribution in [0, 0.1) is 0 Å². The summed E-state index contributed by atoms with van der Waals surface area (Å²) in [5.74, 6) is 2.08. The number of carbonyl (C=O) groups is 1. The third kappa shape index (κ3) is 3.07. The molecule has 0 amide bonds. The molecule has 3 rings (SSSR count). The fourth-order valence-electron chi connectivity index (χ4n) is 2.29. The molecule has 1 aliphatic carbocycles. The van der Waals surface area contributed by atoms with Gasteiger partial charge in [-0.25, -0.2) is 0 Å². The van der Waals surface area contributed by atoms with Gasteiger partial charge in [0, 0.05) is 27.3 Å². The number of hydrogen-bond donors (Lipinski definition) is 0. The number of ketones is 1. The van der Waals surface area contributed by atoms with Crippen LogP contribution >= 0.6 is 35.1 Å². The van der Waals surface area contributed by atoms with Gasteiger partial charge < -0.3 is 4.52 Å². The molecule has 0 radical (unpaired) electrons. The molecule has 1 aromatic heterocycles. The fraction of sp³-hybridized carbons (Fsp3) is 0.375. The predicted octanol–water partition coefficient (Wildman–Crippen LogP) is 5.27. The lowest BCUT2D eigenvalue weighted by molar-refractivity contribution is 0.102. The summed E-state index contributed by atoms with van der Waals surface area (Å²) in [6, 6.07) is 5.35. The van der Waals surface area contributed by atoms with Gasteiger partial charge in [0.1, 0.15) is 5.76 Å². The molecule has 6 heteroatoms. The standard InChI is InChI=1S/C16H16ClNO2S2/c1-3-22-16-11(17)7-6-10(15(16)21-2)14(19)12-8-13(20-18-12)9-4-5-9/h6-9H,3-5H2,1-2H3. The first kappa shape index (κ1) is 16.0. The average molecular weight is 354 g/mol. The Labute approximate surface area is 143 Å². The molecule has 0 N–H and O–H groups in total. The van der Waals surface area contributed by atoms with E-state index in [9.17, 15) is 4.79 Å². The molecule has 0 aliphatic heterocycles. The Morgan fingerprint density at radius 2 is 2.18 bits per heavy atom. The Bertz CT molecular complexity index is 710. The molecule has 1 saturated carbocycles. The summed E-state index contributed by atoms with van der Waals surface area (Å²) in [6.07, 6.45) is 4.20. The molecule has 0 saturated heterocycles. The van der Waals surface area contributed by atoms with E-state index in [1.165, 1.54) is 0 Å². The molecule has 0 bridgehead atoms. The maximum absolute atomic E-state index is 12.8. The van der Waals surface area contributed by atoms with Crippen molar-refractivity contribution in [2.45, 2.75) is 35.5 Å². The van der Waals surface area contributed by atoms with Crippen molar-refractivity contribution in [1.29, 1.82) is 0 Å². The highest BCUT2D eigenvalue weighted by Gasteiger charge is 2.29. The van der Waals surface area contributed by atoms with Crippen LogP contribution in [0.1, 0.15) is 47.5 Å². The van der Waals surface area contributed by atoms with Gasteiger partial charge in [0.15, 0.2) is 5.69 Å². The van der Waals surface area contributed by atoms with Gasteiger partial charge in [-0.3, -0.25) is 4.79 Å². The van der Waals surface area contributed by atoms with Crippen molar-refractivity contribution < 1.29 is 9.32 Å². The quantitative estimate of drug-likeness (QED) is 0.522. The van der Waals surface area contributed by atoms with Crippen LogP contribution < -0.4 is 0 Å². The zero-order valence-electron chi connectivity index (χ0n) is 12.4. The molecule has 2 aromatic rings. The molecule has 1 aromatic carbocycles. The molecule has 22 heavy (non-hydrogen) atoms. The highest BCUT2D eigenvalue weighted by Crippen LogP contribution is 2.41. The SMILES string of the molecule is CCSc1c(Cl)ccc(C(=O)c2cc(C3CC3)on2)c1SC. The lowest BCUT2D eigenvalue weighted by Gasteiger charge is -2.12. The van der Waals surface area contributed by atoms with Crippen LogP contribution in [-0.4, -0.2) is 22.9 Å². The Balaban J connectivity index is 1.98. The topological polar surface area (TPSA) is 43.1 Å². The van der Waals surface area contributed by atoms with Gasteiger partial charge in [-0.05, 0) is 37.0 Å². The van der Waals surface area contributed by atoms with E-state index in [2.05, 4.69) is 12.1 Å². The first-order valence-electron chi connectivity index (χ1n) is 7.16. The van der Waals surface area contributed by atoms with Crippen LogP contribution in [0.25, 0.3) is 0 Å². The van der Waals surface area contributed by atoms with Gasteiger partial charge in [0.2, 0.25) is 5.78 Å². The molecule has 3 nitrogen and oxygen atoms in total. The van der Waals surface area contributed by atoms with E-state index in [4.69, 9.17) is 16.1 Å². The third-order valence-electron chi connectivity index (χ3n) is 3.54. The molecular weight excluding hydrogens is 338 g/mol. The van der Waals surface area contributed by atoms with Crippen molar-refractivity contribution in [3.05, 3.63) is 40.2 Å². The Morgan fingerprint density at radius 1 is 1.41 bits per heavy atom. The van der Waals surface area contributed by atoms with Gasteiger partial charge in [0.05, 0.1) is 5.02 Å². The number of halogens is 1. The lowest BCUT2D eigenvalue weighted by atomic mass is 10.1. The molecule has 1 aliphatic rings. The fourth-order valence-corrected chi connectivity index (χ4v) is 4.51. The van der Waals surface area contributed by atoms with E-state index in [0.29, 0.717) is 22.2 Å². The van der Waals surface area contributed by atoms with Crippen LogP contribution in [0.3, 0.4) is 0 Å². The minimum Gasteiger partial charge on any atom is -0.360 e. The van der Waals surface area contributed by atoms with Crippen LogP contribution in [0.15, 0.2) is 32.5 Å². The minimum atomic E-state index is -0.102. The Hall–Kier alpha value is -0.910. The van der Waals surface area contributed by atoms with E-state index in [1.807, 2.05) is 6.26 Å². The summed E-state index contributed by atoms with van der Waals surface area (Å²) >= 11 is 9.48. The monoisotopic (exact) mass is 353 g/mol. The summed E-state index contributed by atoms with van der Waals surface area (Å²) in [5.41, 5.74) is 1.02. The van der Waals surface area contributed by atoms with Crippen LogP contribution in [0.2, 0.25) is 5.02 Å². The first-order chi connectivity index (χ1) is 10.7. The van der Waals surface area contributed by atoms with Gasteiger partial charge in [-0.2, -0.15) is 0 Å². The average Bonchev–Trinajstić information content (AvgIpc) is 3.26. The van der Waals surface area contributed by atoms with E-state index in [-0.39, 0.29) is 5.78 Å². The van der Waals surface area contributed by atoms with Crippen molar-refractivity contribution in [1.82, 2.24) is 5.16 Å². The second-order valence-electron chi connectivity index (χ2n) is 5.11. The molecule has 116 valence electrons. The molecule has 0 atom stereocenters. The highest BCUT2D eigenvalue weighted by molar-refractivity contribution is 8.02. The summed E-state index contributed by atoms with van der Waals surface area (Å²) in [7, 11) is 0. The number of hydrogen-bond acceptors (Lipinski definition) is 5. The Morgan fingerprint density at radius 3 is 2.82 bits per heavy atom. The lowest BCUT2D eigenvalue weighted by Crippen LogP contribution is -2.04. The minimum absolute atomic E-state index is 0.102. The van der Waals surface area contributed by atoms with Crippen molar-refractivity contribution >= 4 is 40.9 Å². The van der Waals surface area contributed by atoms with E-state index in [1.54, 1.807) is 41.7 Å². The third-order valence-corrected chi connectivity index (χ3v) is 5.93. The Kier molecular flexibility index (Phi) is 4.85. The summed E-state index contributed by atoms with van der Waals surface area (Å²) in [5, 5.41) is 4.64. The number of aromatic nitrogens is 1. The molecular formula is C16H16ClNO2S2. The normalized spacial score (nSPS) is 14.3.